The van der Waals surface area contributed by atoms with Gasteiger partial charge in [-0.1, -0.05) is 26.0 Å². The Labute approximate surface area is 225 Å². The Kier molecular flexibility index (Phi) is 8.46. The molecule has 9 nitrogen and oxygen atoms in total. The Bertz CT molecular complexity index is 1300. The van der Waals surface area contributed by atoms with Crippen molar-refractivity contribution in [2.24, 2.45) is 5.73 Å². The molecule has 1 aliphatic heterocycles. The molecule has 0 saturated carbocycles. The van der Waals surface area contributed by atoms with Crippen molar-refractivity contribution in [2.45, 2.75) is 53.2 Å². The fourth-order valence-electron chi connectivity index (χ4n) is 4.76. The first-order chi connectivity index (χ1) is 18.2. The summed E-state index contributed by atoms with van der Waals surface area (Å²) in [5.41, 5.74) is 10.3. The molecule has 9 heteroatoms. The number of rotatable bonds is 9. The summed E-state index contributed by atoms with van der Waals surface area (Å²) < 4.78 is 11.9. The number of aromatic nitrogens is 3. The van der Waals surface area contributed by atoms with Crippen LogP contribution in [0.15, 0.2) is 36.5 Å². The minimum absolute atomic E-state index is 0.127. The van der Waals surface area contributed by atoms with E-state index in [1.807, 2.05) is 19.1 Å². The number of nitrogens with two attached hydrogens (primary N) is 1. The minimum Gasteiger partial charge on any atom is -0.488 e. The molecule has 2 N–H and O–H groups in total. The fraction of sp³-hybridized carbons (Fsp3) is 0.448. The van der Waals surface area contributed by atoms with E-state index in [4.69, 9.17) is 25.2 Å². The molecule has 1 aliphatic rings. The largest absolute Gasteiger partial charge is 0.488 e. The molecule has 1 atom stereocenters. The van der Waals surface area contributed by atoms with Gasteiger partial charge in [-0.25, -0.2) is 15.0 Å². The van der Waals surface area contributed by atoms with Crippen LogP contribution in [0.4, 0.5) is 5.82 Å². The van der Waals surface area contributed by atoms with Crippen LogP contribution < -0.4 is 20.1 Å². The van der Waals surface area contributed by atoms with E-state index in [2.05, 4.69) is 60.7 Å². The van der Waals surface area contributed by atoms with Crippen molar-refractivity contribution in [3.05, 3.63) is 58.9 Å². The molecule has 202 valence electrons. The molecule has 3 heterocycles. The zero-order valence-electron chi connectivity index (χ0n) is 23.2. The lowest BCUT2D eigenvalue weighted by atomic mass is 10.0. The average Bonchev–Trinajstić information content (AvgIpc) is 2.89. The summed E-state index contributed by atoms with van der Waals surface area (Å²) in [6, 6.07) is 10.3. The average molecular weight is 519 g/mol. The quantitative estimate of drug-likeness (QED) is 0.455. The lowest BCUT2D eigenvalue weighted by Crippen LogP contribution is -2.54. The highest BCUT2D eigenvalue weighted by Gasteiger charge is 2.28. The monoisotopic (exact) mass is 518 g/mol. The number of carbonyl (C=O) groups excluding carboxylic acids is 1. The Morgan fingerprint density at radius 3 is 2.66 bits per heavy atom. The van der Waals surface area contributed by atoms with Gasteiger partial charge in [0, 0.05) is 31.9 Å². The van der Waals surface area contributed by atoms with Crippen LogP contribution in [0.1, 0.15) is 49.1 Å². The molecule has 1 saturated heterocycles. The maximum atomic E-state index is 11.6. The van der Waals surface area contributed by atoms with E-state index in [0.29, 0.717) is 43.9 Å². The van der Waals surface area contributed by atoms with Crippen LogP contribution in [0.25, 0.3) is 11.4 Å². The second kappa shape index (κ2) is 11.8. The molecule has 3 aromatic rings. The van der Waals surface area contributed by atoms with E-state index in [1.54, 1.807) is 13.3 Å². The molecule has 1 aromatic carbocycles. The second-order valence-corrected chi connectivity index (χ2v) is 10.2. The van der Waals surface area contributed by atoms with Crippen LogP contribution in [-0.4, -0.2) is 65.1 Å². The molecule has 2 aromatic heterocycles. The molecule has 1 amide bonds. The zero-order valence-corrected chi connectivity index (χ0v) is 23.2. The first kappa shape index (κ1) is 27.3. The third kappa shape index (κ3) is 6.05. The Balaban J connectivity index is 1.72. The summed E-state index contributed by atoms with van der Waals surface area (Å²) in [6.07, 6.45) is 1.69. The van der Waals surface area contributed by atoms with Crippen molar-refractivity contribution in [1.29, 1.82) is 0 Å². The number of hydrogen-bond donors (Lipinski definition) is 1. The van der Waals surface area contributed by atoms with Gasteiger partial charge < -0.3 is 20.1 Å². The number of pyridine rings is 1. The maximum absolute atomic E-state index is 11.6. The summed E-state index contributed by atoms with van der Waals surface area (Å²) in [5.74, 6) is 2.80. The molecule has 0 spiro atoms. The second-order valence-electron chi connectivity index (χ2n) is 10.2. The van der Waals surface area contributed by atoms with Gasteiger partial charge in [-0.15, -0.1) is 0 Å². The van der Waals surface area contributed by atoms with Gasteiger partial charge in [0.05, 0.1) is 30.5 Å². The predicted octanol–water partition coefficient (Wildman–Crippen LogP) is 3.86. The Morgan fingerprint density at radius 2 is 1.97 bits per heavy atom. The van der Waals surface area contributed by atoms with Gasteiger partial charge in [0.15, 0.2) is 5.82 Å². The first-order valence-corrected chi connectivity index (χ1v) is 13.1. The van der Waals surface area contributed by atoms with E-state index in [1.165, 1.54) is 5.56 Å². The number of primary amides is 1. The van der Waals surface area contributed by atoms with Gasteiger partial charge in [0.1, 0.15) is 18.2 Å². The molecular formula is C29H38N6O3. The number of benzene rings is 1. The standard InChI is InChI=1S/C29H38N6O3/c1-18(2)22-10-9-19(3)25(14-22)38-17-24-21(5)32-27(23-8-7-11-31-29(23)37-6)33-28(24)35-13-12-34(16-26(30)36)20(4)15-35/h7-11,14,18,20H,12-13,15-17H2,1-6H3,(H2,30,36). The van der Waals surface area contributed by atoms with Gasteiger partial charge in [-0.2, -0.15) is 0 Å². The van der Waals surface area contributed by atoms with Crippen LogP contribution in [0, 0.1) is 13.8 Å². The molecular weight excluding hydrogens is 480 g/mol. The van der Waals surface area contributed by atoms with Gasteiger partial charge in [0.2, 0.25) is 11.8 Å². The number of hydrogen-bond acceptors (Lipinski definition) is 8. The van der Waals surface area contributed by atoms with Crippen molar-refractivity contribution in [2.75, 3.05) is 38.2 Å². The van der Waals surface area contributed by atoms with E-state index in [-0.39, 0.29) is 18.5 Å². The van der Waals surface area contributed by atoms with Crippen LogP contribution in [0.3, 0.4) is 0 Å². The van der Waals surface area contributed by atoms with E-state index in [0.717, 1.165) is 34.0 Å². The normalized spacial score (nSPS) is 16.1. The summed E-state index contributed by atoms with van der Waals surface area (Å²) in [6.45, 7) is 13.2. The molecule has 0 aliphatic carbocycles. The van der Waals surface area contributed by atoms with Crippen LogP contribution in [0.2, 0.25) is 0 Å². The third-order valence-corrected chi connectivity index (χ3v) is 7.07. The summed E-state index contributed by atoms with van der Waals surface area (Å²) in [7, 11) is 1.59. The number of nitrogens with zero attached hydrogens (tertiary/aromatic N) is 5. The van der Waals surface area contributed by atoms with Crippen LogP contribution >= 0.6 is 0 Å². The van der Waals surface area contributed by atoms with Crippen molar-refractivity contribution in [3.8, 4) is 23.0 Å². The van der Waals surface area contributed by atoms with Crippen molar-refractivity contribution < 1.29 is 14.3 Å². The molecule has 0 bridgehead atoms. The Morgan fingerprint density at radius 1 is 1.18 bits per heavy atom. The Hall–Kier alpha value is -3.72. The van der Waals surface area contributed by atoms with Crippen molar-refractivity contribution in [3.63, 3.8) is 0 Å². The SMILES string of the molecule is COc1ncccc1-c1nc(C)c(COc2cc(C(C)C)ccc2C)c(N2CCN(CC(N)=O)C(C)C2)n1. The summed E-state index contributed by atoms with van der Waals surface area (Å²) in [5, 5.41) is 0. The van der Waals surface area contributed by atoms with Gasteiger partial charge in [-0.3, -0.25) is 9.69 Å². The highest BCUT2D eigenvalue weighted by Crippen LogP contribution is 2.32. The number of methoxy groups -OCH3 is 1. The molecule has 38 heavy (non-hydrogen) atoms. The van der Waals surface area contributed by atoms with E-state index in [9.17, 15) is 4.79 Å². The first-order valence-electron chi connectivity index (χ1n) is 13.1. The maximum Gasteiger partial charge on any atom is 0.231 e. The van der Waals surface area contributed by atoms with Gasteiger partial charge >= 0.3 is 0 Å². The van der Waals surface area contributed by atoms with Crippen LogP contribution in [-0.2, 0) is 11.4 Å². The summed E-state index contributed by atoms with van der Waals surface area (Å²) in [4.78, 5) is 30.1. The smallest absolute Gasteiger partial charge is 0.231 e. The predicted molar refractivity (Wildman–Crippen MR) is 149 cm³/mol. The topological polar surface area (TPSA) is 107 Å². The number of carbonyl (C=O) groups is 1. The van der Waals surface area contributed by atoms with Gasteiger partial charge in [-0.05, 0) is 56.0 Å². The summed E-state index contributed by atoms with van der Waals surface area (Å²) >= 11 is 0. The number of aryl methyl sites for hydroxylation is 2. The van der Waals surface area contributed by atoms with Crippen molar-refractivity contribution >= 4 is 11.7 Å². The van der Waals surface area contributed by atoms with Gasteiger partial charge in [0.25, 0.3) is 0 Å². The number of ether oxygens (including phenoxy) is 2. The molecule has 0 radical (unpaired) electrons. The molecule has 1 unspecified atom stereocenters. The lowest BCUT2D eigenvalue weighted by molar-refractivity contribution is -0.119. The highest BCUT2D eigenvalue weighted by molar-refractivity contribution is 5.76. The van der Waals surface area contributed by atoms with Crippen LogP contribution in [0.5, 0.6) is 11.6 Å². The highest BCUT2D eigenvalue weighted by atomic mass is 16.5. The number of anilines is 1. The van der Waals surface area contributed by atoms with E-state index >= 15 is 0 Å². The van der Waals surface area contributed by atoms with E-state index < -0.39 is 0 Å². The molecule has 4 rings (SSSR count). The fourth-order valence-corrected chi connectivity index (χ4v) is 4.76. The lowest BCUT2D eigenvalue weighted by Gasteiger charge is -2.40. The zero-order chi connectivity index (χ0) is 27.4. The molecule has 1 fully saturated rings. The third-order valence-electron chi connectivity index (χ3n) is 7.07. The number of piperazine rings is 1. The van der Waals surface area contributed by atoms with Crippen molar-refractivity contribution in [1.82, 2.24) is 19.9 Å². The number of amides is 1. The minimum atomic E-state index is -0.317.